The zero-order valence-corrected chi connectivity index (χ0v) is 7.38. The summed E-state index contributed by atoms with van der Waals surface area (Å²) < 4.78 is 0. The highest BCUT2D eigenvalue weighted by Gasteiger charge is 2.08. The van der Waals surface area contributed by atoms with E-state index in [9.17, 15) is 0 Å². The first-order valence-corrected chi connectivity index (χ1v) is 4.18. The lowest BCUT2D eigenvalue weighted by atomic mass is 10.0. The van der Waals surface area contributed by atoms with E-state index in [1.807, 2.05) is 30.3 Å². The monoisotopic (exact) mass is 184 g/mol. The third-order valence-electron chi connectivity index (χ3n) is 2.06. The first-order chi connectivity index (χ1) is 6.83. The molecule has 68 valence electrons. The Kier molecular flexibility index (Phi) is 2.09. The van der Waals surface area contributed by atoms with E-state index in [-0.39, 0.29) is 0 Å². The Bertz CT molecular complexity index is 495. The summed E-state index contributed by atoms with van der Waals surface area (Å²) in [5, 5.41) is 17.3. The molecule has 4 heteroatoms. The number of rotatable bonds is 1. The zero-order valence-electron chi connectivity index (χ0n) is 7.38. The molecule has 0 fully saturated rings. The van der Waals surface area contributed by atoms with Gasteiger partial charge in [-0.05, 0) is 17.7 Å². The summed E-state index contributed by atoms with van der Waals surface area (Å²) in [7, 11) is 0. The van der Waals surface area contributed by atoms with Gasteiger partial charge in [0.25, 0.3) is 0 Å². The number of benzene rings is 1. The van der Waals surface area contributed by atoms with Crippen molar-refractivity contribution in [3.8, 4) is 6.07 Å². The van der Waals surface area contributed by atoms with Gasteiger partial charge in [0, 0.05) is 5.39 Å². The number of fused-ring (bicyclic) bond motifs is 1. The van der Waals surface area contributed by atoms with Gasteiger partial charge in [0.05, 0.1) is 17.8 Å². The lowest BCUT2D eigenvalue weighted by Gasteiger charge is -2.05. The molecule has 0 saturated carbocycles. The second-order valence-corrected chi connectivity index (χ2v) is 2.92. The maximum absolute atomic E-state index is 8.74. The zero-order chi connectivity index (χ0) is 9.97. The number of nitrogens with zero attached hydrogens (tertiary/aromatic N) is 3. The molecule has 4 nitrogen and oxygen atoms in total. The van der Waals surface area contributed by atoms with Crippen LogP contribution >= 0.6 is 0 Å². The van der Waals surface area contributed by atoms with Crippen LogP contribution in [0.5, 0.6) is 0 Å². The first-order valence-electron chi connectivity index (χ1n) is 4.18. The van der Waals surface area contributed by atoms with Crippen molar-refractivity contribution in [2.24, 2.45) is 5.73 Å². The third-order valence-corrected chi connectivity index (χ3v) is 2.06. The van der Waals surface area contributed by atoms with Gasteiger partial charge in [-0.1, -0.05) is 12.1 Å². The summed E-state index contributed by atoms with van der Waals surface area (Å²) in [6.45, 7) is 0. The van der Waals surface area contributed by atoms with Crippen LogP contribution in [0.15, 0.2) is 30.5 Å². The van der Waals surface area contributed by atoms with Crippen molar-refractivity contribution >= 4 is 10.9 Å². The molecule has 2 N–H and O–H groups in total. The number of nitriles is 1. The van der Waals surface area contributed by atoms with Crippen molar-refractivity contribution in [3.63, 3.8) is 0 Å². The average molecular weight is 184 g/mol. The van der Waals surface area contributed by atoms with E-state index in [0.717, 1.165) is 16.5 Å². The molecule has 0 aliphatic carbocycles. The smallest absolute Gasteiger partial charge is 0.119 e. The predicted molar refractivity (Wildman–Crippen MR) is 52.1 cm³/mol. The first kappa shape index (κ1) is 8.60. The number of aromatic nitrogens is 2. The standard InChI is InChI=1S/C10H8N4/c11-6-9(12)7-2-1-3-10-8(7)4-5-13-14-10/h1-5,9H,12H2. The van der Waals surface area contributed by atoms with Crippen LogP contribution in [0, 0.1) is 11.3 Å². The Morgan fingerprint density at radius 1 is 1.36 bits per heavy atom. The molecule has 0 spiro atoms. The quantitative estimate of drug-likeness (QED) is 0.721. The molecule has 0 aliphatic rings. The molecule has 0 amide bonds. The maximum Gasteiger partial charge on any atom is 0.119 e. The minimum absolute atomic E-state index is 0.608. The highest BCUT2D eigenvalue weighted by Crippen LogP contribution is 2.20. The van der Waals surface area contributed by atoms with Gasteiger partial charge in [-0.3, -0.25) is 0 Å². The number of nitrogens with two attached hydrogens (primary N) is 1. The maximum atomic E-state index is 8.74. The lowest BCUT2D eigenvalue weighted by molar-refractivity contribution is 0.934. The SMILES string of the molecule is N#CC(N)c1cccc2nnccc12. The van der Waals surface area contributed by atoms with E-state index in [2.05, 4.69) is 10.2 Å². The molecule has 2 aromatic rings. The molecule has 0 aliphatic heterocycles. The summed E-state index contributed by atoms with van der Waals surface area (Å²) in [5.41, 5.74) is 7.20. The lowest BCUT2D eigenvalue weighted by Crippen LogP contribution is -2.07. The van der Waals surface area contributed by atoms with Gasteiger partial charge in [-0.25, -0.2) is 0 Å². The molecule has 1 atom stereocenters. The van der Waals surface area contributed by atoms with Crippen molar-refractivity contribution in [2.75, 3.05) is 0 Å². The van der Waals surface area contributed by atoms with E-state index < -0.39 is 6.04 Å². The van der Waals surface area contributed by atoms with Crippen LogP contribution in [0.25, 0.3) is 10.9 Å². The summed E-state index contributed by atoms with van der Waals surface area (Å²) in [6, 6.07) is 8.71. The van der Waals surface area contributed by atoms with Gasteiger partial charge < -0.3 is 5.73 Å². The summed E-state index contributed by atoms with van der Waals surface area (Å²) in [4.78, 5) is 0. The van der Waals surface area contributed by atoms with Crippen LogP contribution < -0.4 is 5.73 Å². The van der Waals surface area contributed by atoms with Crippen LogP contribution in [-0.4, -0.2) is 10.2 Å². The van der Waals surface area contributed by atoms with Gasteiger partial charge in [0.2, 0.25) is 0 Å². The Morgan fingerprint density at radius 2 is 2.21 bits per heavy atom. The molecule has 1 heterocycles. The van der Waals surface area contributed by atoms with Crippen molar-refractivity contribution in [2.45, 2.75) is 6.04 Å². The van der Waals surface area contributed by atoms with E-state index in [0.29, 0.717) is 0 Å². The fourth-order valence-electron chi connectivity index (χ4n) is 1.38. The molecular formula is C10H8N4. The molecule has 1 aromatic heterocycles. The van der Waals surface area contributed by atoms with E-state index in [1.165, 1.54) is 0 Å². The second-order valence-electron chi connectivity index (χ2n) is 2.92. The molecular weight excluding hydrogens is 176 g/mol. The Morgan fingerprint density at radius 3 is 3.00 bits per heavy atom. The number of hydrogen-bond donors (Lipinski definition) is 1. The van der Waals surface area contributed by atoms with Gasteiger partial charge in [-0.2, -0.15) is 15.5 Å². The van der Waals surface area contributed by atoms with Crippen LogP contribution in [-0.2, 0) is 0 Å². The molecule has 2 rings (SSSR count). The minimum Gasteiger partial charge on any atom is -0.312 e. The minimum atomic E-state index is -0.608. The summed E-state index contributed by atoms with van der Waals surface area (Å²) in [5.74, 6) is 0. The van der Waals surface area contributed by atoms with Crippen molar-refractivity contribution in [1.82, 2.24) is 10.2 Å². The van der Waals surface area contributed by atoms with Gasteiger partial charge in [0.1, 0.15) is 6.04 Å². The Labute approximate surface area is 81.0 Å². The van der Waals surface area contributed by atoms with E-state index in [4.69, 9.17) is 11.0 Å². The molecule has 0 saturated heterocycles. The molecule has 0 radical (unpaired) electrons. The van der Waals surface area contributed by atoms with Gasteiger partial charge >= 0.3 is 0 Å². The fourth-order valence-corrected chi connectivity index (χ4v) is 1.38. The fraction of sp³-hybridized carbons (Fsp3) is 0.100. The Balaban J connectivity index is 2.72. The van der Waals surface area contributed by atoms with Gasteiger partial charge in [0.15, 0.2) is 0 Å². The van der Waals surface area contributed by atoms with Crippen LogP contribution in [0.4, 0.5) is 0 Å². The molecule has 1 unspecified atom stereocenters. The normalized spacial score (nSPS) is 12.3. The highest BCUT2D eigenvalue weighted by atomic mass is 15.1. The van der Waals surface area contributed by atoms with Crippen molar-refractivity contribution in [1.29, 1.82) is 5.26 Å². The van der Waals surface area contributed by atoms with Crippen LogP contribution in [0.3, 0.4) is 0 Å². The second kappa shape index (κ2) is 3.40. The number of hydrogen-bond acceptors (Lipinski definition) is 4. The van der Waals surface area contributed by atoms with Crippen molar-refractivity contribution in [3.05, 3.63) is 36.0 Å². The molecule has 0 bridgehead atoms. The van der Waals surface area contributed by atoms with Crippen LogP contribution in [0.2, 0.25) is 0 Å². The van der Waals surface area contributed by atoms with E-state index in [1.54, 1.807) is 6.20 Å². The van der Waals surface area contributed by atoms with E-state index >= 15 is 0 Å². The highest BCUT2D eigenvalue weighted by molar-refractivity contribution is 5.82. The largest absolute Gasteiger partial charge is 0.312 e. The van der Waals surface area contributed by atoms with Crippen LogP contribution in [0.1, 0.15) is 11.6 Å². The van der Waals surface area contributed by atoms with Gasteiger partial charge in [-0.15, -0.1) is 0 Å². The predicted octanol–water partition coefficient (Wildman–Crippen LogP) is 1.15. The molecule has 1 aromatic carbocycles. The summed E-state index contributed by atoms with van der Waals surface area (Å²) in [6.07, 6.45) is 1.59. The average Bonchev–Trinajstić information content (AvgIpc) is 2.27. The Hall–Kier alpha value is -1.99. The van der Waals surface area contributed by atoms with Crippen molar-refractivity contribution < 1.29 is 0 Å². The molecule has 14 heavy (non-hydrogen) atoms. The third kappa shape index (κ3) is 1.30. The topological polar surface area (TPSA) is 75.6 Å². The summed E-state index contributed by atoms with van der Waals surface area (Å²) >= 11 is 0.